The molecule has 0 aliphatic carbocycles. The van der Waals surface area contributed by atoms with Gasteiger partial charge in [-0.05, 0) is 50.3 Å². The van der Waals surface area contributed by atoms with Gasteiger partial charge in [0.15, 0.2) is 0 Å². The molecule has 1 aromatic heterocycles. The van der Waals surface area contributed by atoms with Crippen LogP contribution in [-0.2, 0) is 0 Å². The molecule has 1 aliphatic rings. The van der Waals surface area contributed by atoms with Gasteiger partial charge in [-0.2, -0.15) is 4.98 Å². The average Bonchev–Trinajstić information content (AvgIpc) is 2.51. The molecule has 1 atom stereocenters. The van der Waals surface area contributed by atoms with E-state index in [9.17, 15) is 0 Å². The summed E-state index contributed by atoms with van der Waals surface area (Å²) in [5, 5.41) is 4.05. The van der Waals surface area contributed by atoms with Gasteiger partial charge in [-0.3, -0.25) is 0 Å². The van der Waals surface area contributed by atoms with E-state index in [-0.39, 0.29) is 0 Å². The summed E-state index contributed by atoms with van der Waals surface area (Å²) in [6, 6.07) is 7.88. The first-order valence-corrected chi connectivity index (χ1v) is 8.53. The second-order valence-electron chi connectivity index (χ2n) is 6.42. The highest BCUT2D eigenvalue weighted by atomic mass is 35.5. The predicted molar refractivity (Wildman–Crippen MR) is 96.9 cm³/mol. The molecule has 0 amide bonds. The molecule has 2 heterocycles. The van der Waals surface area contributed by atoms with Gasteiger partial charge in [0.25, 0.3) is 0 Å². The van der Waals surface area contributed by atoms with Crippen molar-refractivity contribution in [3.63, 3.8) is 0 Å². The molecule has 1 fully saturated rings. The van der Waals surface area contributed by atoms with Gasteiger partial charge in [0.2, 0.25) is 5.95 Å². The molecule has 122 valence electrons. The monoisotopic (exact) mass is 330 g/mol. The van der Waals surface area contributed by atoms with Crippen molar-refractivity contribution < 1.29 is 0 Å². The zero-order valence-electron chi connectivity index (χ0n) is 13.9. The third-order valence-electron chi connectivity index (χ3n) is 4.34. The van der Waals surface area contributed by atoms with E-state index in [2.05, 4.69) is 28.2 Å². The summed E-state index contributed by atoms with van der Waals surface area (Å²) in [6.07, 6.45) is 2.52. The standard InChI is InChI=1S/C18H23ClN4/c1-12-6-5-9-23(11-12)17-10-13(2)20-18(22-17)21-16-8-4-7-15(19)14(16)3/h4,7-8,10,12H,5-6,9,11H2,1-3H3,(H,20,21,22). The minimum atomic E-state index is 0.628. The number of halogens is 1. The third-order valence-corrected chi connectivity index (χ3v) is 4.75. The Labute approximate surface area is 142 Å². The van der Waals surface area contributed by atoms with E-state index in [4.69, 9.17) is 16.6 Å². The average molecular weight is 331 g/mol. The number of nitrogens with one attached hydrogen (secondary N) is 1. The quantitative estimate of drug-likeness (QED) is 0.883. The van der Waals surface area contributed by atoms with Crippen molar-refractivity contribution in [1.82, 2.24) is 9.97 Å². The van der Waals surface area contributed by atoms with Crippen LogP contribution in [0.4, 0.5) is 17.5 Å². The molecule has 4 nitrogen and oxygen atoms in total. The lowest BCUT2D eigenvalue weighted by Gasteiger charge is -2.32. The van der Waals surface area contributed by atoms with Crippen LogP contribution < -0.4 is 10.2 Å². The molecule has 2 aromatic rings. The predicted octanol–water partition coefficient (Wildman–Crippen LogP) is 4.73. The maximum atomic E-state index is 6.19. The van der Waals surface area contributed by atoms with Crippen molar-refractivity contribution in [3.8, 4) is 0 Å². The van der Waals surface area contributed by atoms with Crippen LogP contribution in [0.25, 0.3) is 0 Å². The van der Waals surface area contributed by atoms with Gasteiger partial charge in [0.05, 0.1) is 0 Å². The van der Waals surface area contributed by atoms with Gasteiger partial charge in [-0.25, -0.2) is 4.98 Å². The summed E-state index contributed by atoms with van der Waals surface area (Å²) < 4.78 is 0. The van der Waals surface area contributed by atoms with Gasteiger partial charge in [-0.1, -0.05) is 24.6 Å². The molecule has 0 saturated carbocycles. The Hall–Kier alpha value is -1.81. The van der Waals surface area contributed by atoms with E-state index in [1.165, 1.54) is 12.8 Å². The molecule has 1 N–H and O–H groups in total. The van der Waals surface area contributed by atoms with E-state index in [0.717, 1.165) is 40.9 Å². The van der Waals surface area contributed by atoms with Crippen molar-refractivity contribution in [2.75, 3.05) is 23.3 Å². The summed E-state index contributed by atoms with van der Waals surface area (Å²) in [4.78, 5) is 11.6. The van der Waals surface area contributed by atoms with Crippen molar-refractivity contribution in [2.24, 2.45) is 5.92 Å². The van der Waals surface area contributed by atoms with Crippen LogP contribution in [0.15, 0.2) is 24.3 Å². The number of piperidine rings is 1. The molecule has 1 saturated heterocycles. The number of rotatable bonds is 3. The highest BCUT2D eigenvalue weighted by Crippen LogP contribution is 2.27. The lowest BCUT2D eigenvalue weighted by Crippen LogP contribution is -2.35. The molecule has 1 aliphatic heterocycles. The maximum absolute atomic E-state index is 6.19. The fourth-order valence-electron chi connectivity index (χ4n) is 3.03. The summed E-state index contributed by atoms with van der Waals surface area (Å²) in [7, 11) is 0. The second-order valence-corrected chi connectivity index (χ2v) is 6.83. The topological polar surface area (TPSA) is 41.1 Å². The van der Waals surface area contributed by atoms with Gasteiger partial charge in [-0.15, -0.1) is 0 Å². The zero-order valence-corrected chi connectivity index (χ0v) is 14.7. The Kier molecular flexibility index (Phi) is 4.71. The van der Waals surface area contributed by atoms with Crippen LogP contribution in [0.3, 0.4) is 0 Å². The van der Waals surface area contributed by atoms with Crippen molar-refractivity contribution in [2.45, 2.75) is 33.6 Å². The largest absolute Gasteiger partial charge is 0.356 e. The molecule has 5 heteroatoms. The molecule has 0 bridgehead atoms. The Morgan fingerprint density at radius 1 is 1.26 bits per heavy atom. The Morgan fingerprint density at radius 2 is 2.09 bits per heavy atom. The molecular weight excluding hydrogens is 308 g/mol. The zero-order chi connectivity index (χ0) is 16.4. The van der Waals surface area contributed by atoms with Crippen LogP contribution in [-0.4, -0.2) is 23.1 Å². The van der Waals surface area contributed by atoms with Crippen molar-refractivity contribution in [3.05, 3.63) is 40.5 Å². The second kappa shape index (κ2) is 6.75. The van der Waals surface area contributed by atoms with E-state index in [1.807, 2.05) is 32.0 Å². The highest BCUT2D eigenvalue weighted by molar-refractivity contribution is 6.31. The summed E-state index contributed by atoms with van der Waals surface area (Å²) in [5.41, 5.74) is 2.92. The van der Waals surface area contributed by atoms with Gasteiger partial charge >= 0.3 is 0 Å². The van der Waals surface area contributed by atoms with Gasteiger partial charge in [0, 0.05) is 35.6 Å². The molecular formula is C18H23ClN4. The van der Waals surface area contributed by atoms with E-state index >= 15 is 0 Å². The first-order valence-electron chi connectivity index (χ1n) is 8.15. The number of hydrogen-bond donors (Lipinski definition) is 1. The number of aromatic nitrogens is 2. The minimum absolute atomic E-state index is 0.628. The maximum Gasteiger partial charge on any atom is 0.229 e. The molecule has 0 radical (unpaired) electrons. The molecule has 1 aromatic carbocycles. The van der Waals surface area contributed by atoms with E-state index < -0.39 is 0 Å². The fraction of sp³-hybridized carbons (Fsp3) is 0.444. The van der Waals surface area contributed by atoms with Gasteiger partial charge < -0.3 is 10.2 Å². The summed E-state index contributed by atoms with van der Waals surface area (Å²) >= 11 is 6.19. The van der Waals surface area contributed by atoms with Crippen LogP contribution in [0, 0.1) is 19.8 Å². The van der Waals surface area contributed by atoms with Crippen LogP contribution in [0.2, 0.25) is 5.02 Å². The Balaban J connectivity index is 1.87. The van der Waals surface area contributed by atoms with Gasteiger partial charge in [0.1, 0.15) is 5.82 Å². The van der Waals surface area contributed by atoms with Crippen LogP contribution in [0.5, 0.6) is 0 Å². The Bertz CT molecular complexity index is 701. The van der Waals surface area contributed by atoms with Crippen LogP contribution in [0.1, 0.15) is 31.0 Å². The summed E-state index contributed by atoms with van der Waals surface area (Å²) in [6.45, 7) is 8.43. The number of benzene rings is 1. The first kappa shape index (κ1) is 16.1. The minimum Gasteiger partial charge on any atom is -0.356 e. The normalized spacial score (nSPS) is 18.1. The van der Waals surface area contributed by atoms with Crippen LogP contribution >= 0.6 is 11.6 Å². The summed E-state index contributed by atoms with van der Waals surface area (Å²) in [5.74, 6) is 2.35. The molecule has 3 rings (SSSR count). The molecule has 23 heavy (non-hydrogen) atoms. The Morgan fingerprint density at radius 3 is 2.87 bits per heavy atom. The number of anilines is 3. The number of hydrogen-bond acceptors (Lipinski definition) is 4. The third kappa shape index (κ3) is 3.75. The lowest BCUT2D eigenvalue weighted by molar-refractivity contribution is 0.444. The first-order chi connectivity index (χ1) is 11.0. The molecule has 0 spiro atoms. The van der Waals surface area contributed by atoms with Crippen molar-refractivity contribution in [1.29, 1.82) is 0 Å². The lowest BCUT2D eigenvalue weighted by atomic mass is 10.0. The number of aryl methyl sites for hydroxylation is 1. The van der Waals surface area contributed by atoms with E-state index in [0.29, 0.717) is 11.9 Å². The highest BCUT2D eigenvalue weighted by Gasteiger charge is 2.18. The SMILES string of the molecule is Cc1cc(N2CCCC(C)C2)nc(Nc2cccc(Cl)c2C)n1. The van der Waals surface area contributed by atoms with E-state index in [1.54, 1.807) is 0 Å². The smallest absolute Gasteiger partial charge is 0.229 e. The fourth-order valence-corrected chi connectivity index (χ4v) is 3.21. The number of nitrogens with zero attached hydrogens (tertiary/aromatic N) is 3. The molecule has 1 unspecified atom stereocenters. The van der Waals surface area contributed by atoms with Crippen molar-refractivity contribution >= 4 is 29.1 Å².